The molecule has 2 aromatic heterocycles. The largest absolute Gasteiger partial charge is 0.419 e. The van der Waals surface area contributed by atoms with E-state index < -0.39 is 29.5 Å². The molecule has 1 amide bonds. The number of carbonyl (C=O) groups is 1. The van der Waals surface area contributed by atoms with Crippen molar-refractivity contribution in [3.05, 3.63) is 59.9 Å². The Hall–Kier alpha value is -3.57. The number of likely N-dealkylation sites (N-methyl/N-ethyl adjacent to an activating group) is 1. The third-order valence-corrected chi connectivity index (χ3v) is 4.50. The van der Waals surface area contributed by atoms with E-state index in [-0.39, 0.29) is 23.7 Å². The summed E-state index contributed by atoms with van der Waals surface area (Å²) in [6, 6.07) is 3.69. The quantitative estimate of drug-likeness (QED) is 0.572. The topological polar surface area (TPSA) is 88.8 Å². The number of para-hydroxylation sites is 1. The van der Waals surface area contributed by atoms with Gasteiger partial charge in [0.2, 0.25) is 5.95 Å². The molecule has 0 aliphatic carbocycles. The molecule has 1 atom stereocenters. The summed E-state index contributed by atoms with van der Waals surface area (Å²) >= 11 is 0. The summed E-state index contributed by atoms with van der Waals surface area (Å²) < 4.78 is 52.3. The summed E-state index contributed by atoms with van der Waals surface area (Å²) in [7, 11) is 0. The number of rotatable bonds is 7. The van der Waals surface area contributed by atoms with Crippen molar-refractivity contribution in [1.82, 2.24) is 29.9 Å². The highest BCUT2D eigenvalue weighted by Crippen LogP contribution is 2.28. The number of nitrogens with one attached hydrogen (secondary N) is 1. The number of aromatic nitrogens is 5. The Labute approximate surface area is 174 Å². The first-order chi connectivity index (χ1) is 14.7. The van der Waals surface area contributed by atoms with Crippen molar-refractivity contribution < 1.29 is 22.4 Å². The fraction of sp³-hybridized carbons (Fsp3) is 0.316. The molecule has 0 bridgehead atoms. The van der Waals surface area contributed by atoms with Gasteiger partial charge in [-0.25, -0.2) is 14.4 Å². The molecule has 8 nitrogen and oxygen atoms in total. The first-order valence-electron chi connectivity index (χ1n) is 9.31. The molecular weight excluding hydrogens is 418 g/mol. The van der Waals surface area contributed by atoms with E-state index in [0.717, 1.165) is 4.80 Å². The zero-order valence-electron chi connectivity index (χ0n) is 16.6. The van der Waals surface area contributed by atoms with Crippen LogP contribution in [-0.4, -0.2) is 54.9 Å². The highest BCUT2D eigenvalue weighted by Gasteiger charge is 2.31. The van der Waals surface area contributed by atoms with Crippen molar-refractivity contribution in [2.75, 3.05) is 18.4 Å². The number of nitrogens with zero attached hydrogens (tertiary/aromatic N) is 6. The van der Waals surface area contributed by atoms with Crippen molar-refractivity contribution in [1.29, 1.82) is 0 Å². The van der Waals surface area contributed by atoms with Gasteiger partial charge in [-0.15, -0.1) is 4.80 Å². The van der Waals surface area contributed by atoms with Crippen LogP contribution < -0.4 is 5.32 Å². The van der Waals surface area contributed by atoms with Crippen LogP contribution in [0.25, 0.3) is 5.69 Å². The summed E-state index contributed by atoms with van der Waals surface area (Å²) in [5.74, 6) is -1.10. The Morgan fingerprint density at radius 2 is 1.84 bits per heavy atom. The molecule has 1 unspecified atom stereocenters. The predicted octanol–water partition coefficient (Wildman–Crippen LogP) is 3.18. The molecule has 31 heavy (non-hydrogen) atoms. The fourth-order valence-electron chi connectivity index (χ4n) is 2.95. The summed E-state index contributed by atoms with van der Waals surface area (Å²) in [5, 5.41) is 10.6. The van der Waals surface area contributed by atoms with Gasteiger partial charge in [-0.05, 0) is 26.0 Å². The zero-order chi connectivity index (χ0) is 22.6. The molecule has 164 valence electrons. The lowest BCUT2D eigenvalue weighted by atomic mass is 10.1. The first-order valence-corrected chi connectivity index (χ1v) is 9.31. The number of amides is 1. The average Bonchev–Trinajstić information content (AvgIpc) is 3.26. The average molecular weight is 437 g/mol. The predicted molar refractivity (Wildman–Crippen MR) is 103 cm³/mol. The van der Waals surface area contributed by atoms with Gasteiger partial charge in [-0.2, -0.15) is 23.4 Å². The van der Waals surface area contributed by atoms with Gasteiger partial charge in [0.05, 0.1) is 23.5 Å². The van der Waals surface area contributed by atoms with E-state index in [1.54, 1.807) is 13.8 Å². The number of carbonyl (C=O) groups excluding carboxylic acids is 1. The van der Waals surface area contributed by atoms with Crippen LogP contribution in [-0.2, 0) is 6.18 Å². The second-order valence-electron chi connectivity index (χ2n) is 6.57. The van der Waals surface area contributed by atoms with Gasteiger partial charge < -0.3 is 10.2 Å². The molecule has 0 radical (unpaired) electrons. The molecule has 1 aromatic carbocycles. The lowest BCUT2D eigenvalue weighted by Gasteiger charge is -2.29. The summed E-state index contributed by atoms with van der Waals surface area (Å²) in [6.07, 6.45) is -0.426. The molecule has 12 heteroatoms. The van der Waals surface area contributed by atoms with Gasteiger partial charge in [0.15, 0.2) is 5.82 Å². The maximum atomic E-state index is 14.4. The van der Waals surface area contributed by atoms with Crippen molar-refractivity contribution in [3.8, 4) is 5.69 Å². The molecule has 0 aliphatic heterocycles. The molecule has 3 rings (SSSR count). The van der Waals surface area contributed by atoms with Gasteiger partial charge >= 0.3 is 6.18 Å². The zero-order valence-corrected chi connectivity index (χ0v) is 16.6. The van der Waals surface area contributed by atoms with E-state index in [9.17, 15) is 22.4 Å². The standard InChI is InChI=1S/C19H19F4N7O/c1-3-29(12(2)9-24-18-25-10-13(11-26-18)19(21,22)23)17(31)14-5-4-6-15(20)16(14)30-27-7-8-28-30/h4-8,10-12H,3,9H2,1-2H3,(H,24,25,26). The Morgan fingerprint density at radius 1 is 1.19 bits per heavy atom. The van der Waals surface area contributed by atoms with Crippen LogP contribution >= 0.6 is 0 Å². The van der Waals surface area contributed by atoms with Crippen LogP contribution in [0.5, 0.6) is 0 Å². The number of hydrogen-bond acceptors (Lipinski definition) is 6. The Balaban J connectivity index is 1.75. The molecular formula is C19H19F4N7O. The molecule has 0 fully saturated rings. The Kier molecular flexibility index (Phi) is 6.47. The van der Waals surface area contributed by atoms with E-state index in [2.05, 4.69) is 25.5 Å². The second-order valence-corrected chi connectivity index (χ2v) is 6.57. The van der Waals surface area contributed by atoms with Crippen LogP contribution in [0.4, 0.5) is 23.5 Å². The molecule has 0 aliphatic rings. The van der Waals surface area contributed by atoms with Gasteiger partial charge in [-0.3, -0.25) is 4.79 Å². The number of halogens is 4. The second kappa shape index (κ2) is 9.06. The van der Waals surface area contributed by atoms with Gasteiger partial charge in [0, 0.05) is 31.5 Å². The van der Waals surface area contributed by atoms with Crippen LogP contribution in [0.3, 0.4) is 0 Å². The molecule has 0 spiro atoms. The summed E-state index contributed by atoms with van der Waals surface area (Å²) in [5.41, 5.74) is -0.944. The van der Waals surface area contributed by atoms with E-state index >= 15 is 0 Å². The van der Waals surface area contributed by atoms with Crippen molar-refractivity contribution >= 4 is 11.9 Å². The number of alkyl halides is 3. The molecule has 0 saturated heterocycles. The van der Waals surface area contributed by atoms with E-state index in [1.165, 1.54) is 35.5 Å². The van der Waals surface area contributed by atoms with Gasteiger partial charge in [0.25, 0.3) is 5.91 Å². The maximum absolute atomic E-state index is 14.4. The van der Waals surface area contributed by atoms with E-state index in [4.69, 9.17) is 0 Å². The molecule has 2 heterocycles. The normalized spacial score (nSPS) is 12.5. The third kappa shape index (κ3) is 4.95. The smallest absolute Gasteiger partial charge is 0.352 e. The highest BCUT2D eigenvalue weighted by molar-refractivity contribution is 5.98. The van der Waals surface area contributed by atoms with Crippen LogP contribution in [0, 0.1) is 5.82 Å². The number of hydrogen-bond donors (Lipinski definition) is 1. The van der Waals surface area contributed by atoms with E-state index in [0.29, 0.717) is 18.9 Å². The minimum atomic E-state index is -4.52. The summed E-state index contributed by atoms with van der Waals surface area (Å²) in [6.45, 7) is 3.96. The minimum Gasteiger partial charge on any atom is -0.352 e. The molecule has 0 saturated carbocycles. The van der Waals surface area contributed by atoms with Crippen molar-refractivity contribution in [2.24, 2.45) is 0 Å². The van der Waals surface area contributed by atoms with Crippen molar-refractivity contribution in [3.63, 3.8) is 0 Å². The van der Waals surface area contributed by atoms with Crippen molar-refractivity contribution in [2.45, 2.75) is 26.1 Å². The number of benzene rings is 1. The lowest BCUT2D eigenvalue weighted by Crippen LogP contribution is -2.42. The lowest BCUT2D eigenvalue weighted by molar-refractivity contribution is -0.138. The van der Waals surface area contributed by atoms with Gasteiger partial charge in [-0.1, -0.05) is 6.07 Å². The van der Waals surface area contributed by atoms with E-state index in [1.807, 2.05) is 0 Å². The fourth-order valence-corrected chi connectivity index (χ4v) is 2.95. The third-order valence-electron chi connectivity index (χ3n) is 4.50. The first kappa shape index (κ1) is 22.1. The Bertz CT molecular complexity index is 1020. The minimum absolute atomic E-state index is 0.00413. The molecule has 3 aromatic rings. The molecule has 1 N–H and O–H groups in total. The van der Waals surface area contributed by atoms with Crippen LogP contribution in [0.1, 0.15) is 29.8 Å². The van der Waals surface area contributed by atoms with Gasteiger partial charge in [0.1, 0.15) is 5.69 Å². The van der Waals surface area contributed by atoms with Crippen LogP contribution in [0.15, 0.2) is 43.0 Å². The van der Waals surface area contributed by atoms with Crippen LogP contribution in [0.2, 0.25) is 0 Å². The summed E-state index contributed by atoms with van der Waals surface area (Å²) in [4.78, 5) is 23.0. The Morgan fingerprint density at radius 3 is 2.42 bits per heavy atom. The maximum Gasteiger partial charge on any atom is 0.419 e. The monoisotopic (exact) mass is 437 g/mol. The number of anilines is 1. The SMILES string of the molecule is CCN(C(=O)c1cccc(F)c1-n1nccn1)C(C)CNc1ncc(C(F)(F)F)cn1. The highest BCUT2D eigenvalue weighted by atomic mass is 19.4.